The Kier molecular flexibility index (Phi) is 8.71. The molecule has 1 heterocycles. The number of nitrogens with zero attached hydrogens (tertiary/aromatic N) is 3. The quantitative estimate of drug-likeness (QED) is 0.180. The monoisotopic (exact) mass is 602 g/mol. The van der Waals surface area contributed by atoms with Crippen molar-refractivity contribution in [1.29, 1.82) is 0 Å². The maximum Gasteiger partial charge on any atom is 0.264 e. The van der Waals surface area contributed by atoms with Crippen LogP contribution in [0.2, 0.25) is 15.1 Å². The minimum absolute atomic E-state index is 0.0208. The number of hydrogen-bond donors (Lipinski definition) is 1. The van der Waals surface area contributed by atoms with Gasteiger partial charge in [-0.2, -0.15) is 5.10 Å². The highest BCUT2D eigenvalue weighted by Crippen LogP contribution is 2.30. The molecular formula is C28H25Cl3N4O3S. The highest BCUT2D eigenvalue weighted by Gasteiger charge is 2.28. The lowest BCUT2D eigenvalue weighted by atomic mass is 10.2. The van der Waals surface area contributed by atoms with E-state index < -0.39 is 22.5 Å². The minimum atomic E-state index is -4.13. The number of amides is 1. The highest BCUT2D eigenvalue weighted by atomic mass is 35.5. The molecule has 39 heavy (non-hydrogen) atoms. The SMILES string of the molecule is Cc1ccc(S(=O)(=O)N(CC(=O)N/N=C\c2cc(C)n(-c3ccccc3Cl)c2C)c2cc(Cl)cc(Cl)c2)cc1. The second-order valence-corrected chi connectivity index (χ2v) is 12.0. The number of benzene rings is 3. The summed E-state index contributed by atoms with van der Waals surface area (Å²) in [5, 5.41) is 5.14. The molecule has 0 spiro atoms. The van der Waals surface area contributed by atoms with Crippen molar-refractivity contribution in [3.05, 3.63) is 110 Å². The Bertz CT molecular complexity index is 1650. The van der Waals surface area contributed by atoms with E-state index in [-0.39, 0.29) is 20.6 Å². The summed E-state index contributed by atoms with van der Waals surface area (Å²) >= 11 is 18.7. The van der Waals surface area contributed by atoms with Crippen LogP contribution in [0.5, 0.6) is 0 Å². The van der Waals surface area contributed by atoms with E-state index in [1.165, 1.54) is 36.5 Å². The van der Waals surface area contributed by atoms with Crippen LogP contribution in [-0.2, 0) is 14.8 Å². The lowest BCUT2D eigenvalue weighted by Crippen LogP contribution is -2.39. The Morgan fingerprint density at radius 3 is 2.23 bits per heavy atom. The first-order chi connectivity index (χ1) is 18.5. The number of aromatic nitrogens is 1. The zero-order chi connectivity index (χ0) is 28.3. The molecule has 4 rings (SSSR count). The van der Waals surface area contributed by atoms with Crippen molar-refractivity contribution in [2.24, 2.45) is 5.10 Å². The van der Waals surface area contributed by atoms with Gasteiger partial charge in [0.2, 0.25) is 0 Å². The third-order valence-electron chi connectivity index (χ3n) is 5.99. The largest absolute Gasteiger partial charge is 0.316 e. The molecular weight excluding hydrogens is 579 g/mol. The van der Waals surface area contributed by atoms with E-state index in [4.69, 9.17) is 34.8 Å². The molecule has 1 N–H and O–H groups in total. The van der Waals surface area contributed by atoms with Gasteiger partial charge in [-0.15, -0.1) is 0 Å². The standard InChI is InChI=1S/C28H25Cl3N4O3S/c1-18-8-10-25(11-9-18)39(37,38)34(24-14-22(29)13-23(30)15-24)17-28(36)33-32-16-21-12-19(2)35(20(21)3)27-7-5-4-6-26(27)31/h4-16H,17H2,1-3H3,(H,33,36)/b32-16-. The van der Waals surface area contributed by atoms with Crippen LogP contribution < -0.4 is 9.73 Å². The number of hydrazone groups is 1. The van der Waals surface area contributed by atoms with Crippen LogP contribution in [0.1, 0.15) is 22.5 Å². The van der Waals surface area contributed by atoms with Gasteiger partial charge < -0.3 is 4.57 Å². The summed E-state index contributed by atoms with van der Waals surface area (Å²) in [7, 11) is -4.13. The zero-order valence-corrected chi connectivity index (χ0v) is 24.4. The molecule has 3 aromatic carbocycles. The van der Waals surface area contributed by atoms with Gasteiger partial charge in [-0.25, -0.2) is 13.8 Å². The fourth-order valence-electron chi connectivity index (χ4n) is 4.10. The number of aryl methyl sites for hydroxylation is 2. The molecule has 0 aliphatic carbocycles. The summed E-state index contributed by atoms with van der Waals surface area (Å²) in [4.78, 5) is 12.9. The van der Waals surface area contributed by atoms with Crippen LogP contribution in [-0.4, -0.2) is 31.7 Å². The number of carbonyl (C=O) groups excluding carboxylic acids is 1. The van der Waals surface area contributed by atoms with Crippen LogP contribution >= 0.6 is 34.8 Å². The van der Waals surface area contributed by atoms with Gasteiger partial charge in [0.05, 0.1) is 27.5 Å². The molecule has 0 aliphatic heterocycles. The number of rotatable bonds is 8. The van der Waals surface area contributed by atoms with Crippen LogP contribution in [0.4, 0.5) is 5.69 Å². The summed E-state index contributed by atoms with van der Waals surface area (Å²) in [6.45, 7) is 5.15. The van der Waals surface area contributed by atoms with Crippen LogP contribution in [0.25, 0.3) is 5.69 Å². The third kappa shape index (κ3) is 6.47. The lowest BCUT2D eigenvalue weighted by molar-refractivity contribution is -0.119. The fraction of sp³-hybridized carbons (Fsp3) is 0.143. The maximum atomic E-state index is 13.6. The van der Waals surface area contributed by atoms with Gasteiger partial charge in [0.25, 0.3) is 15.9 Å². The molecule has 0 unspecified atom stereocenters. The van der Waals surface area contributed by atoms with Gasteiger partial charge in [0.15, 0.2) is 0 Å². The Morgan fingerprint density at radius 1 is 0.949 bits per heavy atom. The van der Waals surface area contributed by atoms with E-state index in [2.05, 4.69) is 10.5 Å². The Labute approximate surface area is 242 Å². The Balaban J connectivity index is 1.58. The van der Waals surface area contributed by atoms with Crippen molar-refractivity contribution in [3.63, 3.8) is 0 Å². The number of nitrogens with one attached hydrogen (secondary N) is 1. The predicted molar refractivity (Wildman–Crippen MR) is 158 cm³/mol. The Hall–Kier alpha value is -3.30. The van der Waals surface area contributed by atoms with E-state index in [1.54, 1.807) is 12.1 Å². The average Bonchev–Trinajstić information content (AvgIpc) is 3.15. The van der Waals surface area contributed by atoms with E-state index in [0.717, 1.165) is 32.5 Å². The fourth-order valence-corrected chi connectivity index (χ4v) is 6.24. The minimum Gasteiger partial charge on any atom is -0.316 e. The molecule has 0 saturated heterocycles. The highest BCUT2D eigenvalue weighted by molar-refractivity contribution is 7.92. The van der Waals surface area contributed by atoms with Crippen molar-refractivity contribution in [2.45, 2.75) is 25.7 Å². The second-order valence-electron chi connectivity index (χ2n) is 8.86. The van der Waals surface area contributed by atoms with Gasteiger partial charge in [-0.05, 0) is 69.3 Å². The van der Waals surface area contributed by atoms with E-state index in [9.17, 15) is 13.2 Å². The van der Waals surface area contributed by atoms with E-state index in [0.29, 0.717) is 5.02 Å². The van der Waals surface area contributed by atoms with Crippen molar-refractivity contribution in [2.75, 3.05) is 10.8 Å². The first-order valence-corrected chi connectivity index (χ1v) is 14.4. The molecule has 0 saturated carbocycles. The van der Waals surface area contributed by atoms with Gasteiger partial charge in [0.1, 0.15) is 6.54 Å². The van der Waals surface area contributed by atoms with Crippen LogP contribution in [0, 0.1) is 20.8 Å². The molecule has 7 nitrogen and oxygen atoms in total. The maximum absolute atomic E-state index is 13.6. The van der Waals surface area contributed by atoms with Crippen molar-refractivity contribution >= 4 is 62.6 Å². The van der Waals surface area contributed by atoms with Crippen LogP contribution in [0.3, 0.4) is 0 Å². The summed E-state index contributed by atoms with van der Waals surface area (Å²) in [6, 6.07) is 20.1. The first kappa shape index (κ1) is 28.7. The molecule has 0 aliphatic rings. The van der Waals surface area contributed by atoms with Gasteiger partial charge >= 0.3 is 0 Å². The first-order valence-electron chi connectivity index (χ1n) is 11.8. The van der Waals surface area contributed by atoms with Gasteiger partial charge in [0, 0.05) is 27.0 Å². The Morgan fingerprint density at radius 2 is 1.59 bits per heavy atom. The predicted octanol–water partition coefficient (Wildman–Crippen LogP) is 6.71. The summed E-state index contributed by atoms with van der Waals surface area (Å²) < 4.78 is 30.0. The summed E-state index contributed by atoms with van der Waals surface area (Å²) in [5.74, 6) is -0.655. The normalized spacial score (nSPS) is 11.6. The molecule has 4 aromatic rings. The summed E-state index contributed by atoms with van der Waals surface area (Å²) in [5.41, 5.74) is 6.86. The molecule has 0 fully saturated rings. The molecule has 0 radical (unpaired) electrons. The molecule has 0 atom stereocenters. The number of anilines is 1. The van der Waals surface area contributed by atoms with Crippen molar-refractivity contribution in [1.82, 2.24) is 9.99 Å². The molecule has 1 aromatic heterocycles. The molecule has 11 heteroatoms. The lowest BCUT2D eigenvalue weighted by Gasteiger charge is -2.24. The third-order valence-corrected chi connectivity index (χ3v) is 8.53. The second kappa shape index (κ2) is 11.8. The number of sulfonamides is 1. The van der Waals surface area contributed by atoms with Crippen LogP contribution in [0.15, 0.2) is 82.8 Å². The van der Waals surface area contributed by atoms with Gasteiger partial charge in [-0.1, -0.05) is 64.6 Å². The van der Waals surface area contributed by atoms with E-state index >= 15 is 0 Å². The number of hydrogen-bond acceptors (Lipinski definition) is 4. The number of halogens is 3. The zero-order valence-electron chi connectivity index (χ0n) is 21.3. The van der Waals surface area contributed by atoms with Crippen molar-refractivity contribution < 1.29 is 13.2 Å². The van der Waals surface area contributed by atoms with Crippen molar-refractivity contribution in [3.8, 4) is 5.69 Å². The molecule has 202 valence electrons. The van der Waals surface area contributed by atoms with E-state index in [1.807, 2.05) is 55.7 Å². The number of para-hydroxylation sites is 1. The van der Waals surface area contributed by atoms with Gasteiger partial charge in [-0.3, -0.25) is 9.10 Å². The number of carbonyl (C=O) groups is 1. The average molecular weight is 604 g/mol. The smallest absolute Gasteiger partial charge is 0.264 e. The molecule has 0 bridgehead atoms. The molecule has 1 amide bonds. The topological polar surface area (TPSA) is 83.8 Å². The summed E-state index contributed by atoms with van der Waals surface area (Å²) in [6.07, 6.45) is 1.50.